The van der Waals surface area contributed by atoms with E-state index in [9.17, 15) is 0 Å². The van der Waals surface area contributed by atoms with Gasteiger partial charge in [0.05, 0.1) is 0 Å². The smallest absolute Gasteiger partial charge is 0.0317 e. The van der Waals surface area contributed by atoms with Crippen LogP contribution in [0, 0.1) is 0 Å². The molecule has 4 N–H and O–H groups in total. The van der Waals surface area contributed by atoms with Gasteiger partial charge in [0.2, 0.25) is 0 Å². The Kier molecular flexibility index (Phi) is 2.61. The quantitative estimate of drug-likeness (QED) is 0.704. The van der Waals surface area contributed by atoms with E-state index in [0.717, 1.165) is 24.2 Å². The number of nitrogen functional groups attached to an aromatic ring is 2. The van der Waals surface area contributed by atoms with Gasteiger partial charge in [0, 0.05) is 16.8 Å². The minimum absolute atomic E-state index is 0.0702. The minimum atomic E-state index is 0.0702. The van der Waals surface area contributed by atoms with Crippen LogP contribution in [-0.2, 0) is 16.2 Å². The van der Waals surface area contributed by atoms with E-state index in [-0.39, 0.29) is 16.2 Å². The van der Waals surface area contributed by atoms with Crippen molar-refractivity contribution in [3.8, 4) is 0 Å². The van der Waals surface area contributed by atoms with Gasteiger partial charge in [-0.25, -0.2) is 0 Å². The van der Waals surface area contributed by atoms with Crippen molar-refractivity contribution in [2.24, 2.45) is 0 Å². The third-order valence-electron chi connectivity index (χ3n) is 6.06. The Morgan fingerprint density at radius 1 is 0.652 bits per heavy atom. The van der Waals surface area contributed by atoms with Crippen molar-refractivity contribution in [1.82, 2.24) is 0 Å². The molecule has 0 radical (unpaired) electrons. The van der Waals surface area contributed by atoms with Crippen LogP contribution >= 0.6 is 0 Å². The molecule has 0 bridgehead atoms. The second-order valence-corrected chi connectivity index (χ2v) is 8.81. The summed E-state index contributed by atoms with van der Waals surface area (Å²) in [5, 5.41) is 0. The summed E-state index contributed by atoms with van der Waals surface area (Å²) in [7, 11) is 0. The first-order chi connectivity index (χ1) is 10.7. The molecule has 0 saturated carbocycles. The Morgan fingerprint density at radius 3 is 1.74 bits per heavy atom. The van der Waals surface area contributed by atoms with Crippen LogP contribution in [0.25, 0.3) is 0 Å². The van der Waals surface area contributed by atoms with Crippen LogP contribution in [0.15, 0.2) is 36.4 Å². The molecule has 2 heteroatoms. The summed E-state index contributed by atoms with van der Waals surface area (Å²) in [5.74, 6) is 0. The molecule has 2 nitrogen and oxygen atoms in total. The predicted octanol–water partition coefficient (Wildman–Crippen LogP) is 4.50. The van der Waals surface area contributed by atoms with E-state index in [2.05, 4.69) is 58.0 Å². The SMILES string of the molecule is CC1(C)CC2(CC(C)(C)c3ccc(N)cc32)c2ccc(N)cc21. The lowest BCUT2D eigenvalue weighted by molar-refractivity contribution is 0.349. The molecule has 1 spiro atoms. The highest BCUT2D eigenvalue weighted by molar-refractivity contribution is 5.64. The summed E-state index contributed by atoms with van der Waals surface area (Å²) in [6.07, 6.45) is 2.26. The molecule has 4 rings (SSSR count). The molecule has 0 aromatic heterocycles. The average molecular weight is 306 g/mol. The number of fused-ring (bicyclic) bond motifs is 4. The molecule has 1 unspecified atom stereocenters. The second kappa shape index (κ2) is 4.11. The Bertz CT molecular complexity index is 817. The van der Waals surface area contributed by atoms with Crippen LogP contribution in [0.5, 0.6) is 0 Å². The third kappa shape index (κ3) is 1.81. The molecule has 2 aliphatic carbocycles. The van der Waals surface area contributed by atoms with Crippen molar-refractivity contribution < 1.29 is 0 Å². The lowest BCUT2D eigenvalue weighted by atomic mass is 9.72. The monoisotopic (exact) mass is 306 g/mol. The zero-order valence-electron chi connectivity index (χ0n) is 14.5. The maximum Gasteiger partial charge on any atom is 0.0317 e. The van der Waals surface area contributed by atoms with Crippen LogP contribution in [0.2, 0.25) is 0 Å². The third-order valence-corrected chi connectivity index (χ3v) is 6.06. The molecule has 23 heavy (non-hydrogen) atoms. The molecule has 2 aromatic rings. The fraction of sp³-hybridized carbons (Fsp3) is 0.429. The lowest BCUT2D eigenvalue weighted by Crippen LogP contribution is -2.27. The van der Waals surface area contributed by atoms with Gasteiger partial charge in [-0.1, -0.05) is 39.8 Å². The number of nitrogens with two attached hydrogens (primary N) is 2. The van der Waals surface area contributed by atoms with Gasteiger partial charge in [-0.05, 0) is 70.2 Å². The number of anilines is 2. The molecule has 120 valence electrons. The molecular weight excluding hydrogens is 280 g/mol. The van der Waals surface area contributed by atoms with E-state index >= 15 is 0 Å². The van der Waals surface area contributed by atoms with E-state index in [4.69, 9.17) is 11.5 Å². The molecule has 0 fully saturated rings. The van der Waals surface area contributed by atoms with E-state index in [1.165, 1.54) is 22.3 Å². The van der Waals surface area contributed by atoms with Gasteiger partial charge >= 0.3 is 0 Å². The maximum absolute atomic E-state index is 6.16. The maximum atomic E-state index is 6.16. The van der Waals surface area contributed by atoms with E-state index in [0.29, 0.717) is 0 Å². The molecule has 2 aromatic carbocycles. The zero-order chi connectivity index (χ0) is 16.6. The Labute approximate surface area is 138 Å². The standard InChI is InChI=1S/C21H26N2/c1-19(2)11-21(18-10-14(23)5-7-15(18)19)12-20(3,4)17-9-13(22)6-8-16(17)21/h5-10H,11-12,22-23H2,1-4H3. The Hall–Kier alpha value is -1.96. The van der Waals surface area contributed by atoms with Gasteiger partial charge in [-0.3, -0.25) is 0 Å². The van der Waals surface area contributed by atoms with Crippen molar-refractivity contribution in [2.75, 3.05) is 11.5 Å². The van der Waals surface area contributed by atoms with Crippen molar-refractivity contribution in [1.29, 1.82) is 0 Å². The summed E-state index contributed by atoms with van der Waals surface area (Å²) in [4.78, 5) is 0. The fourth-order valence-corrected chi connectivity index (χ4v) is 5.37. The largest absolute Gasteiger partial charge is 0.399 e. The second-order valence-electron chi connectivity index (χ2n) is 8.81. The van der Waals surface area contributed by atoms with Gasteiger partial charge in [0.1, 0.15) is 0 Å². The summed E-state index contributed by atoms with van der Waals surface area (Å²) in [5.41, 5.74) is 20.1. The normalized spacial score (nSPS) is 26.3. The van der Waals surface area contributed by atoms with Crippen LogP contribution in [0.1, 0.15) is 62.8 Å². The summed E-state index contributed by atoms with van der Waals surface area (Å²) >= 11 is 0. The molecule has 0 amide bonds. The highest BCUT2D eigenvalue weighted by atomic mass is 14.6. The van der Waals surface area contributed by atoms with Gasteiger partial charge in [-0.15, -0.1) is 0 Å². The molecule has 0 aliphatic heterocycles. The number of hydrogen-bond acceptors (Lipinski definition) is 2. The first kappa shape index (κ1) is 14.6. The van der Waals surface area contributed by atoms with Crippen molar-refractivity contribution in [3.63, 3.8) is 0 Å². The Morgan fingerprint density at radius 2 is 1.13 bits per heavy atom. The van der Waals surface area contributed by atoms with Gasteiger partial charge < -0.3 is 11.5 Å². The molecule has 0 saturated heterocycles. The summed E-state index contributed by atoms with van der Waals surface area (Å²) in [6, 6.07) is 13.0. The van der Waals surface area contributed by atoms with Crippen LogP contribution < -0.4 is 11.5 Å². The molecule has 2 aliphatic rings. The first-order valence-corrected chi connectivity index (χ1v) is 8.47. The van der Waals surface area contributed by atoms with Crippen LogP contribution in [-0.4, -0.2) is 0 Å². The topological polar surface area (TPSA) is 52.0 Å². The minimum Gasteiger partial charge on any atom is -0.399 e. The first-order valence-electron chi connectivity index (χ1n) is 8.47. The number of hydrogen-bond donors (Lipinski definition) is 2. The Balaban J connectivity index is 2.04. The lowest BCUT2D eigenvalue weighted by Gasteiger charge is -2.30. The van der Waals surface area contributed by atoms with Crippen molar-refractivity contribution in [3.05, 3.63) is 58.7 Å². The number of benzene rings is 2. The molecule has 1 atom stereocenters. The fourth-order valence-electron chi connectivity index (χ4n) is 5.37. The van der Waals surface area contributed by atoms with Crippen LogP contribution in [0.4, 0.5) is 11.4 Å². The molecule has 0 heterocycles. The van der Waals surface area contributed by atoms with E-state index < -0.39 is 0 Å². The summed E-state index contributed by atoms with van der Waals surface area (Å²) < 4.78 is 0. The highest BCUT2D eigenvalue weighted by Crippen LogP contribution is 2.62. The van der Waals surface area contributed by atoms with E-state index in [1.54, 1.807) is 0 Å². The zero-order valence-corrected chi connectivity index (χ0v) is 14.5. The van der Waals surface area contributed by atoms with Crippen molar-refractivity contribution >= 4 is 11.4 Å². The van der Waals surface area contributed by atoms with E-state index in [1.807, 2.05) is 6.07 Å². The predicted molar refractivity (Wildman–Crippen MR) is 97.8 cm³/mol. The van der Waals surface area contributed by atoms with Gasteiger partial charge in [-0.2, -0.15) is 0 Å². The van der Waals surface area contributed by atoms with Crippen molar-refractivity contribution in [2.45, 2.75) is 56.8 Å². The van der Waals surface area contributed by atoms with Gasteiger partial charge in [0.25, 0.3) is 0 Å². The molecular formula is C21H26N2. The average Bonchev–Trinajstić information content (AvgIpc) is 2.79. The summed E-state index contributed by atoms with van der Waals surface area (Å²) in [6.45, 7) is 9.41. The van der Waals surface area contributed by atoms with Gasteiger partial charge in [0.15, 0.2) is 0 Å². The number of rotatable bonds is 0. The highest BCUT2D eigenvalue weighted by Gasteiger charge is 2.56. The van der Waals surface area contributed by atoms with Crippen LogP contribution in [0.3, 0.4) is 0 Å².